The summed E-state index contributed by atoms with van der Waals surface area (Å²) in [5.41, 5.74) is 3.42. The van der Waals surface area contributed by atoms with E-state index in [-0.39, 0.29) is 12.2 Å². The van der Waals surface area contributed by atoms with Gasteiger partial charge in [0.25, 0.3) is 5.56 Å². The highest BCUT2D eigenvalue weighted by atomic mass is 32.1. The minimum Gasteiger partial charge on any atom is -0.493 e. The summed E-state index contributed by atoms with van der Waals surface area (Å²) in [6, 6.07) is 13.4. The fourth-order valence-corrected chi connectivity index (χ4v) is 4.91. The number of aliphatic hydroxyl groups excluding tert-OH is 1. The Kier molecular flexibility index (Phi) is 6.34. The van der Waals surface area contributed by atoms with Crippen molar-refractivity contribution in [1.29, 1.82) is 0 Å². The number of ether oxygens (including phenoxy) is 2. The lowest BCUT2D eigenvalue weighted by atomic mass is 10.0. The maximum Gasteiger partial charge on any atom is 0.266 e. The summed E-state index contributed by atoms with van der Waals surface area (Å²) in [5, 5.41) is 11.7. The van der Waals surface area contributed by atoms with Crippen LogP contribution < -0.4 is 15.0 Å². The van der Waals surface area contributed by atoms with E-state index in [1.165, 1.54) is 37.0 Å². The van der Waals surface area contributed by atoms with E-state index in [0.29, 0.717) is 40.4 Å². The lowest BCUT2D eigenvalue weighted by molar-refractivity contribution is 0.257. The fraction of sp³-hybridized carbons (Fsp3) is 0.310. The van der Waals surface area contributed by atoms with Gasteiger partial charge in [-0.3, -0.25) is 9.20 Å². The van der Waals surface area contributed by atoms with Crippen LogP contribution in [0.4, 0.5) is 0 Å². The molecule has 1 N–H and O–H groups in total. The van der Waals surface area contributed by atoms with Crippen LogP contribution in [0.1, 0.15) is 42.5 Å². The molecule has 0 atom stereocenters. The van der Waals surface area contributed by atoms with Crippen LogP contribution >= 0.6 is 11.3 Å². The van der Waals surface area contributed by atoms with Gasteiger partial charge in [0, 0.05) is 22.7 Å². The van der Waals surface area contributed by atoms with E-state index in [0.717, 1.165) is 29.0 Å². The Bertz CT molecular complexity index is 1460. The lowest BCUT2D eigenvalue weighted by Gasteiger charge is -2.13. The first-order chi connectivity index (χ1) is 17.7. The number of rotatable bonds is 10. The molecular weight excluding hydrogens is 472 g/mol. The van der Waals surface area contributed by atoms with E-state index in [9.17, 15) is 9.90 Å². The Morgan fingerprint density at radius 1 is 1.00 bits per heavy atom. The van der Waals surface area contributed by atoms with Crippen LogP contribution in [0.15, 0.2) is 58.8 Å². The first-order valence-electron chi connectivity index (χ1n) is 12.5. The van der Waals surface area contributed by atoms with Crippen LogP contribution in [0.25, 0.3) is 28.2 Å². The molecule has 2 aromatic heterocycles. The number of hydrogen-bond donors (Lipinski definition) is 1. The summed E-state index contributed by atoms with van der Waals surface area (Å²) in [4.78, 5) is 18.9. The Morgan fingerprint density at radius 3 is 2.47 bits per heavy atom. The summed E-state index contributed by atoms with van der Waals surface area (Å²) in [6.45, 7) is 1.30. The number of aliphatic hydroxyl groups is 1. The number of hydrogen-bond acceptors (Lipinski definition) is 6. The van der Waals surface area contributed by atoms with Gasteiger partial charge in [0.15, 0.2) is 4.96 Å². The molecule has 0 radical (unpaired) electrons. The van der Waals surface area contributed by atoms with E-state index < -0.39 is 0 Å². The van der Waals surface area contributed by atoms with Crippen molar-refractivity contribution in [1.82, 2.24) is 9.38 Å². The molecule has 0 saturated heterocycles. The molecule has 0 aliphatic heterocycles. The predicted octanol–water partition coefficient (Wildman–Crippen LogP) is 5.66. The molecule has 2 saturated carbocycles. The number of nitrogens with zero attached hydrogens (tertiary/aromatic N) is 2. The average molecular weight is 501 g/mol. The summed E-state index contributed by atoms with van der Waals surface area (Å²) >= 11 is 1.43. The smallest absolute Gasteiger partial charge is 0.266 e. The van der Waals surface area contributed by atoms with Crippen molar-refractivity contribution in [2.45, 2.75) is 32.3 Å². The van der Waals surface area contributed by atoms with Gasteiger partial charge in [-0.2, -0.15) is 0 Å². The van der Waals surface area contributed by atoms with E-state index in [2.05, 4.69) is 0 Å². The average Bonchev–Trinajstić information content (AvgIpc) is 3.84. The molecule has 4 aromatic rings. The molecule has 0 bridgehead atoms. The number of aromatic nitrogens is 2. The van der Waals surface area contributed by atoms with Crippen molar-refractivity contribution >= 4 is 28.4 Å². The highest BCUT2D eigenvalue weighted by Crippen LogP contribution is 2.33. The van der Waals surface area contributed by atoms with Crippen molar-refractivity contribution in [3.05, 3.63) is 81.2 Å². The maximum absolute atomic E-state index is 13.5. The largest absolute Gasteiger partial charge is 0.493 e. The van der Waals surface area contributed by atoms with Gasteiger partial charge in [-0.05, 0) is 67.4 Å². The van der Waals surface area contributed by atoms with E-state index >= 15 is 0 Å². The second kappa shape index (κ2) is 9.91. The van der Waals surface area contributed by atoms with Crippen LogP contribution in [-0.2, 0) is 6.61 Å². The third kappa shape index (κ3) is 4.94. The molecule has 7 heteroatoms. The molecule has 0 unspecified atom stereocenters. The highest BCUT2D eigenvalue weighted by molar-refractivity contribution is 7.15. The highest BCUT2D eigenvalue weighted by Gasteiger charge is 2.23. The molecule has 6 nitrogen and oxygen atoms in total. The van der Waals surface area contributed by atoms with Gasteiger partial charge in [-0.15, -0.1) is 11.3 Å². The summed E-state index contributed by atoms with van der Waals surface area (Å²) in [5.74, 6) is 2.78. The number of thiazole rings is 1. The molecule has 36 heavy (non-hydrogen) atoms. The van der Waals surface area contributed by atoms with Gasteiger partial charge in [0.2, 0.25) is 0 Å². The first-order valence-corrected chi connectivity index (χ1v) is 13.3. The van der Waals surface area contributed by atoms with Gasteiger partial charge >= 0.3 is 0 Å². The zero-order valence-electron chi connectivity index (χ0n) is 19.9. The molecule has 2 aliphatic rings. The summed E-state index contributed by atoms with van der Waals surface area (Å²) < 4.78 is 13.6. The van der Waals surface area contributed by atoms with Crippen molar-refractivity contribution in [3.63, 3.8) is 0 Å². The molecule has 0 spiro atoms. The normalized spacial score (nSPS) is 15.6. The zero-order chi connectivity index (χ0) is 24.5. The van der Waals surface area contributed by atoms with Crippen molar-refractivity contribution < 1.29 is 14.6 Å². The molecule has 2 aromatic carbocycles. The second-order valence-corrected chi connectivity index (χ2v) is 10.5. The summed E-state index contributed by atoms with van der Waals surface area (Å²) in [6.07, 6.45) is 10.4. The molecule has 0 amide bonds. The quantitative estimate of drug-likeness (QED) is 0.304. The number of benzene rings is 2. The second-order valence-electron chi connectivity index (χ2n) is 9.59. The molecular formula is C29H28N2O4S. The Balaban J connectivity index is 1.37. The zero-order valence-corrected chi connectivity index (χ0v) is 20.7. The van der Waals surface area contributed by atoms with Crippen molar-refractivity contribution in [3.8, 4) is 22.6 Å². The fourth-order valence-electron chi connectivity index (χ4n) is 4.20. The Labute approximate surface area is 213 Å². The molecule has 2 aliphatic carbocycles. The SMILES string of the molecule is O=c1c(-c2ccc(OCC3CC3)cc2)c(/C=C/c2cccc(CO)c2OCC2CC2)nc2sccn12. The van der Waals surface area contributed by atoms with Crippen LogP contribution in [-0.4, -0.2) is 27.7 Å². The monoisotopic (exact) mass is 500 g/mol. The predicted molar refractivity (Wildman–Crippen MR) is 143 cm³/mol. The number of para-hydroxylation sites is 1. The third-order valence-corrected chi connectivity index (χ3v) is 7.46. The number of fused-ring (bicyclic) bond motifs is 1. The van der Waals surface area contributed by atoms with Gasteiger partial charge in [0.05, 0.1) is 31.1 Å². The van der Waals surface area contributed by atoms with Crippen LogP contribution in [0, 0.1) is 11.8 Å². The maximum atomic E-state index is 13.5. The topological polar surface area (TPSA) is 73.1 Å². The van der Waals surface area contributed by atoms with E-state index in [4.69, 9.17) is 14.5 Å². The van der Waals surface area contributed by atoms with Crippen LogP contribution in [0.3, 0.4) is 0 Å². The van der Waals surface area contributed by atoms with E-state index in [1.807, 2.05) is 60.0 Å². The molecule has 2 heterocycles. The van der Waals surface area contributed by atoms with E-state index in [1.54, 1.807) is 10.6 Å². The van der Waals surface area contributed by atoms with Crippen molar-refractivity contribution in [2.75, 3.05) is 13.2 Å². The Morgan fingerprint density at radius 2 is 1.75 bits per heavy atom. The first kappa shape index (κ1) is 23.0. The lowest BCUT2D eigenvalue weighted by Crippen LogP contribution is -2.17. The molecule has 2 fully saturated rings. The van der Waals surface area contributed by atoms with Gasteiger partial charge in [-0.25, -0.2) is 4.98 Å². The van der Waals surface area contributed by atoms with Crippen molar-refractivity contribution in [2.24, 2.45) is 11.8 Å². The van der Waals surface area contributed by atoms with Crippen LogP contribution in [0.5, 0.6) is 11.5 Å². The van der Waals surface area contributed by atoms with Gasteiger partial charge in [-0.1, -0.05) is 30.3 Å². The Hall–Kier alpha value is -3.42. The minimum absolute atomic E-state index is 0.0944. The van der Waals surface area contributed by atoms with Gasteiger partial charge in [0.1, 0.15) is 11.5 Å². The summed E-state index contributed by atoms with van der Waals surface area (Å²) in [7, 11) is 0. The third-order valence-electron chi connectivity index (χ3n) is 6.70. The van der Waals surface area contributed by atoms with Gasteiger partial charge < -0.3 is 14.6 Å². The standard InChI is InChI=1S/C29H28N2O4S/c32-16-23-3-1-2-22(27(23)35-18-20-6-7-20)10-13-25-26(28(33)31-14-15-36-29(31)30-25)21-8-11-24(12-9-21)34-17-19-4-5-19/h1-3,8-15,19-20,32H,4-7,16-18H2/b13-10+. The van der Waals surface area contributed by atoms with Crippen LogP contribution in [0.2, 0.25) is 0 Å². The molecule has 6 rings (SSSR count). The molecule has 184 valence electrons. The minimum atomic E-state index is -0.109.